The Labute approximate surface area is 111 Å². The summed E-state index contributed by atoms with van der Waals surface area (Å²) in [7, 11) is 1.61. The Bertz CT molecular complexity index is 512. The quantitative estimate of drug-likeness (QED) is 0.840. The van der Waals surface area contributed by atoms with Crippen LogP contribution in [-0.2, 0) is 16.1 Å². The second-order valence-corrected chi connectivity index (χ2v) is 4.81. The molecule has 5 heteroatoms. The van der Waals surface area contributed by atoms with Crippen LogP contribution < -0.4 is 10.1 Å². The molecule has 0 heterocycles. The summed E-state index contributed by atoms with van der Waals surface area (Å²) < 4.78 is 5.16. The predicted octanol–water partition coefficient (Wildman–Crippen LogP) is 1.34. The van der Waals surface area contributed by atoms with Crippen LogP contribution in [0, 0.1) is 18.8 Å². The zero-order valence-corrected chi connectivity index (χ0v) is 11.0. The molecule has 1 aromatic rings. The number of carboxylic acid groups (broad SMARTS) is 1. The van der Waals surface area contributed by atoms with Crippen molar-refractivity contribution in [1.29, 1.82) is 0 Å². The molecule has 0 bridgehead atoms. The number of rotatable bonds is 5. The molecule has 2 N–H and O–H groups in total. The van der Waals surface area contributed by atoms with Crippen molar-refractivity contribution in [2.45, 2.75) is 19.9 Å². The van der Waals surface area contributed by atoms with Gasteiger partial charge in [0.1, 0.15) is 5.75 Å². The molecule has 1 saturated carbocycles. The zero-order valence-electron chi connectivity index (χ0n) is 11.0. The van der Waals surface area contributed by atoms with Gasteiger partial charge in [-0.15, -0.1) is 0 Å². The molecule has 5 nitrogen and oxygen atoms in total. The Kier molecular flexibility index (Phi) is 3.74. The van der Waals surface area contributed by atoms with Gasteiger partial charge in [-0.2, -0.15) is 0 Å². The first-order valence-corrected chi connectivity index (χ1v) is 6.17. The van der Waals surface area contributed by atoms with Crippen LogP contribution in [0.4, 0.5) is 0 Å². The van der Waals surface area contributed by atoms with Crippen molar-refractivity contribution in [3.63, 3.8) is 0 Å². The fraction of sp³-hybridized carbons (Fsp3) is 0.429. The normalized spacial score (nSPS) is 20.7. The number of aryl methyl sites for hydroxylation is 1. The summed E-state index contributed by atoms with van der Waals surface area (Å²) in [4.78, 5) is 22.4. The number of ether oxygens (including phenoxy) is 1. The summed E-state index contributed by atoms with van der Waals surface area (Å²) in [5.74, 6) is -1.13. The van der Waals surface area contributed by atoms with E-state index in [1.165, 1.54) is 0 Å². The van der Waals surface area contributed by atoms with Gasteiger partial charge in [0.15, 0.2) is 0 Å². The van der Waals surface area contributed by atoms with Gasteiger partial charge in [0, 0.05) is 6.54 Å². The summed E-state index contributed by atoms with van der Waals surface area (Å²) >= 11 is 0. The highest BCUT2D eigenvalue weighted by molar-refractivity contribution is 5.89. The Morgan fingerprint density at radius 3 is 2.68 bits per heavy atom. The summed E-state index contributed by atoms with van der Waals surface area (Å²) in [6.07, 6.45) is 0.447. The van der Waals surface area contributed by atoms with Crippen LogP contribution in [0.25, 0.3) is 0 Å². The minimum atomic E-state index is -0.888. The molecule has 2 atom stereocenters. The van der Waals surface area contributed by atoms with E-state index in [-0.39, 0.29) is 11.8 Å². The molecule has 0 saturated heterocycles. The summed E-state index contributed by atoms with van der Waals surface area (Å²) in [5, 5.41) is 11.5. The molecule has 0 aromatic heterocycles. The number of carbonyl (C=O) groups is 2. The van der Waals surface area contributed by atoms with Crippen LogP contribution in [0.5, 0.6) is 5.75 Å². The van der Waals surface area contributed by atoms with Gasteiger partial charge >= 0.3 is 5.97 Å². The van der Waals surface area contributed by atoms with Crippen molar-refractivity contribution >= 4 is 11.9 Å². The standard InChI is InChI=1S/C14H17NO4/c1-8-5-9(3-4-12(8)19-2)7-15-13(16)10-6-11(10)14(17)18/h3-5,10-11H,6-7H2,1-2H3,(H,15,16)(H,17,18). The first-order valence-electron chi connectivity index (χ1n) is 6.17. The molecule has 1 aliphatic rings. The molecule has 19 heavy (non-hydrogen) atoms. The van der Waals surface area contributed by atoms with E-state index in [1.807, 2.05) is 25.1 Å². The van der Waals surface area contributed by atoms with Crippen molar-refractivity contribution in [1.82, 2.24) is 5.32 Å². The molecule has 0 spiro atoms. The smallest absolute Gasteiger partial charge is 0.307 e. The Morgan fingerprint density at radius 1 is 1.42 bits per heavy atom. The highest BCUT2D eigenvalue weighted by atomic mass is 16.5. The van der Waals surface area contributed by atoms with Gasteiger partial charge < -0.3 is 15.2 Å². The number of carbonyl (C=O) groups excluding carboxylic acids is 1. The molecule has 102 valence electrons. The second-order valence-electron chi connectivity index (χ2n) is 4.81. The van der Waals surface area contributed by atoms with E-state index in [9.17, 15) is 9.59 Å². The van der Waals surface area contributed by atoms with Crippen molar-refractivity contribution < 1.29 is 19.4 Å². The average Bonchev–Trinajstić information content (AvgIpc) is 3.16. The van der Waals surface area contributed by atoms with Gasteiger partial charge in [0.25, 0.3) is 0 Å². The Balaban J connectivity index is 1.87. The molecule has 0 radical (unpaired) electrons. The minimum absolute atomic E-state index is 0.180. The number of benzene rings is 1. The van der Waals surface area contributed by atoms with E-state index in [1.54, 1.807) is 7.11 Å². The van der Waals surface area contributed by atoms with Crippen LogP contribution in [0.2, 0.25) is 0 Å². The first-order chi connectivity index (χ1) is 9.02. The van der Waals surface area contributed by atoms with E-state index >= 15 is 0 Å². The van der Waals surface area contributed by atoms with Crippen molar-refractivity contribution in [2.75, 3.05) is 7.11 Å². The fourth-order valence-electron chi connectivity index (χ4n) is 2.13. The Morgan fingerprint density at radius 2 is 2.16 bits per heavy atom. The third-order valence-corrected chi connectivity index (χ3v) is 3.37. The number of aliphatic carboxylic acids is 1. The van der Waals surface area contributed by atoms with Gasteiger partial charge in [-0.1, -0.05) is 12.1 Å². The lowest BCUT2D eigenvalue weighted by Crippen LogP contribution is -2.25. The maximum absolute atomic E-state index is 11.7. The van der Waals surface area contributed by atoms with Gasteiger partial charge in [-0.05, 0) is 30.5 Å². The van der Waals surface area contributed by atoms with Gasteiger partial charge in [0.05, 0.1) is 18.9 Å². The molecule has 2 unspecified atom stereocenters. The third-order valence-electron chi connectivity index (χ3n) is 3.37. The monoisotopic (exact) mass is 263 g/mol. The van der Waals surface area contributed by atoms with E-state index in [2.05, 4.69) is 5.32 Å². The number of hydrogen-bond acceptors (Lipinski definition) is 3. The topological polar surface area (TPSA) is 75.6 Å². The Hall–Kier alpha value is -2.04. The number of hydrogen-bond donors (Lipinski definition) is 2. The number of methoxy groups -OCH3 is 1. The van der Waals surface area contributed by atoms with Crippen molar-refractivity contribution in [3.8, 4) is 5.75 Å². The van der Waals surface area contributed by atoms with Gasteiger partial charge in [-0.25, -0.2) is 0 Å². The van der Waals surface area contributed by atoms with Crippen molar-refractivity contribution in [2.24, 2.45) is 11.8 Å². The largest absolute Gasteiger partial charge is 0.496 e. The first kappa shape index (κ1) is 13.4. The lowest BCUT2D eigenvalue weighted by atomic mass is 10.1. The SMILES string of the molecule is COc1ccc(CNC(=O)C2CC2C(=O)O)cc1C. The molecule has 1 amide bonds. The van der Waals surface area contributed by atoms with E-state index in [0.29, 0.717) is 13.0 Å². The molecule has 1 aliphatic carbocycles. The van der Waals surface area contributed by atoms with Gasteiger partial charge in [0.2, 0.25) is 5.91 Å². The van der Waals surface area contributed by atoms with Crippen LogP contribution in [-0.4, -0.2) is 24.1 Å². The lowest BCUT2D eigenvalue weighted by Gasteiger charge is -2.08. The van der Waals surface area contributed by atoms with Gasteiger partial charge in [-0.3, -0.25) is 9.59 Å². The summed E-state index contributed by atoms with van der Waals surface area (Å²) in [5.41, 5.74) is 1.98. The predicted molar refractivity (Wildman–Crippen MR) is 68.8 cm³/mol. The molecule has 0 aliphatic heterocycles. The highest BCUT2D eigenvalue weighted by Crippen LogP contribution is 2.38. The van der Waals surface area contributed by atoms with E-state index in [0.717, 1.165) is 16.9 Å². The lowest BCUT2D eigenvalue weighted by molar-refractivity contribution is -0.140. The maximum Gasteiger partial charge on any atom is 0.307 e. The number of nitrogens with one attached hydrogen (secondary N) is 1. The number of carboxylic acids is 1. The summed E-state index contributed by atoms with van der Waals surface area (Å²) in [6.45, 7) is 2.35. The molecule has 1 fully saturated rings. The van der Waals surface area contributed by atoms with Crippen LogP contribution in [0.15, 0.2) is 18.2 Å². The van der Waals surface area contributed by atoms with E-state index < -0.39 is 11.9 Å². The van der Waals surface area contributed by atoms with Crippen molar-refractivity contribution in [3.05, 3.63) is 29.3 Å². The molecule has 2 rings (SSSR count). The van der Waals surface area contributed by atoms with Crippen LogP contribution in [0.1, 0.15) is 17.5 Å². The maximum atomic E-state index is 11.7. The zero-order chi connectivity index (χ0) is 14.0. The fourth-order valence-corrected chi connectivity index (χ4v) is 2.13. The number of amides is 1. The minimum Gasteiger partial charge on any atom is -0.496 e. The second kappa shape index (κ2) is 5.30. The molecule has 1 aromatic carbocycles. The van der Waals surface area contributed by atoms with Crippen LogP contribution >= 0.6 is 0 Å². The average molecular weight is 263 g/mol. The molecular formula is C14H17NO4. The third kappa shape index (κ3) is 3.05. The highest BCUT2D eigenvalue weighted by Gasteiger charge is 2.48. The van der Waals surface area contributed by atoms with E-state index in [4.69, 9.17) is 9.84 Å². The molecular weight excluding hydrogens is 246 g/mol. The summed E-state index contributed by atoms with van der Waals surface area (Å²) in [6, 6.07) is 5.68. The van der Waals surface area contributed by atoms with Crippen LogP contribution in [0.3, 0.4) is 0 Å².